The van der Waals surface area contributed by atoms with Gasteiger partial charge in [-0.3, -0.25) is 0 Å². The molecule has 0 aromatic heterocycles. The van der Waals surface area contributed by atoms with Crippen molar-refractivity contribution in [2.75, 3.05) is 26.9 Å². The lowest BCUT2D eigenvalue weighted by Gasteiger charge is -2.18. The maximum Gasteiger partial charge on any atom is 0.242 e. The zero-order valence-electron chi connectivity index (χ0n) is 12.8. The van der Waals surface area contributed by atoms with E-state index in [1.165, 1.54) is 18.4 Å². The van der Waals surface area contributed by atoms with Gasteiger partial charge in [0, 0.05) is 31.9 Å². The smallest absolute Gasteiger partial charge is 0.242 e. The molecule has 1 aromatic rings. The standard InChI is InChI=1S/C14H24N2O2S2/c1-11(19-5)10-15-12(2)13-6-8-14(9-7-13)20(17,18)16(3)4/h6-9,11-12,15H,10H2,1-5H3. The van der Waals surface area contributed by atoms with Crippen LogP contribution in [0.4, 0.5) is 0 Å². The molecule has 2 atom stereocenters. The molecule has 0 saturated heterocycles. The number of rotatable bonds is 7. The Bertz CT molecular complexity index is 512. The van der Waals surface area contributed by atoms with Gasteiger partial charge in [0.1, 0.15) is 0 Å². The Morgan fingerprint density at radius 2 is 1.75 bits per heavy atom. The van der Waals surface area contributed by atoms with Crippen LogP contribution in [0.1, 0.15) is 25.5 Å². The molecule has 0 fully saturated rings. The molecule has 114 valence electrons. The topological polar surface area (TPSA) is 49.4 Å². The summed E-state index contributed by atoms with van der Waals surface area (Å²) in [6, 6.07) is 7.29. The lowest BCUT2D eigenvalue weighted by atomic mass is 10.1. The second-order valence-electron chi connectivity index (χ2n) is 5.03. The van der Waals surface area contributed by atoms with Crippen molar-refractivity contribution in [3.63, 3.8) is 0 Å². The van der Waals surface area contributed by atoms with E-state index in [0.717, 1.165) is 12.1 Å². The number of benzene rings is 1. The number of thioether (sulfide) groups is 1. The van der Waals surface area contributed by atoms with Crippen molar-refractivity contribution in [2.45, 2.75) is 30.0 Å². The van der Waals surface area contributed by atoms with Crippen LogP contribution in [0.15, 0.2) is 29.2 Å². The van der Waals surface area contributed by atoms with Crippen LogP contribution in [0.25, 0.3) is 0 Å². The summed E-state index contributed by atoms with van der Waals surface area (Å²) in [6.45, 7) is 5.19. The Morgan fingerprint density at radius 1 is 1.20 bits per heavy atom. The minimum absolute atomic E-state index is 0.209. The van der Waals surface area contributed by atoms with E-state index in [-0.39, 0.29) is 6.04 Å². The summed E-state index contributed by atoms with van der Waals surface area (Å²) in [6.07, 6.45) is 2.10. The maximum absolute atomic E-state index is 12.0. The molecule has 0 radical (unpaired) electrons. The van der Waals surface area contributed by atoms with Crippen LogP contribution < -0.4 is 5.32 Å². The fourth-order valence-corrected chi connectivity index (χ4v) is 2.85. The molecule has 1 rings (SSSR count). The molecule has 4 nitrogen and oxygen atoms in total. The number of nitrogens with one attached hydrogen (secondary N) is 1. The van der Waals surface area contributed by atoms with Crippen molar-refractivity contribution >= 4 is 21.8 Å². The molecular weight excluding hydrogens is 292 g/mol. The summed E-state index contributed by atoms with van der Waals surface area (Å²) < 4.78 is 25.2. The molecule has 0 bridgehead atoms. The molecule has 0 amide bonds. The van der Waals surface area contributed by atoms with Crippen LogP contribution in [0, 0.1) is 0 Å². The predicted molar refractivity (Wildman–Crippen MR) is 86.7 cm³/mol. The second kappa shape index (κ2) is 7.45. The summed E-state index contributed by atoms with van der Waals surface area (Å²) in [5.74, 6) is 0. The average Bonchev–Trinajstić information content (AvgIpc) is 2.44. The van der Waals surface area contributed by atoms with E-state index < -0.39 is 10.0 Å². The van der Waals surface area contributed by atoms with E-state index in [1.54, 1.807) is 12.1 Å². The highest BCUT2D eigenvalue weighted by Crippen LogP contribution is 2.18. The molecule has 20 heavy (non-hydrogen) atoms. The Hall–Kier alpha value is -0.560. The van der Waals surface area contributed by atoms with Gasteiger partial charge in [-0.1, -0.05) is 19.1 Å². The first-order valence-corrected chi connectivity index (χ1v) is 9.30. The van der Waals surface area contributed by atoms with Crippen LogP contribution in [-0.2, 0) is 10.0 Å². The molecule has 6 heteroatoms. The van der Waals surface area contributed by atoms with E-state index in [2.05, 4.69) is 25.4 Å². The maximum atomic E-state index is 12.0. The van der Waals surface area contributed by atoms with Gasteiger partial charge in [0.2, 0.25) is 10.0 Å². The van der Waals surface area contributed by atoms with E-state index >= 15 is 0 Å². The first-order chi connectivity index (χ1) is 9.28. The van der Waals surface area contributed by atoms with Gasteiger partial charge in [-0.15, -0.1) is 0 Å². The highest BCUT2D eigenvalue weighted by Gasteiger charge is 2.17. The molecule has 0 aliphatic carbocycles. The number of hydrogen-bond acceptors (Lipinski definition) is 4. The number of sulfonamides is 1. The molecule has 1 N–H and O–H groups in total. The lowest BCUT2D eigenvalue weighted by molar-refractivity contribution is 0.520. The average molecular weight is 316 g/mol. The summed E-state index contributed by atoms with van der Waals surface area (Å²) in [5, 5.41) is 4.01. The zero-order chi connectivity index (χ0) is 15.3. The van der Waals surface area contributed by atoms with Gasteiger partial charge < -0.3 is 5.32 Å². The molecule has 0 aliphatic rings. The van der Waals surface area contributed by atoms with Gasteiger partial charge in [0.15, 0.2) is 0 Å². The third-order valence-electron chi connectivity index (χ3n) is 3.27. The van der Waals surface area contributed by atoms with Gasteiger partial charge >= 0.3 is 0 Å². The minimum Gasteiger partial charge on any atom is -0.309 e. The fourth-order valence-electron chi connectivity index (χ4n) is 1.68. The van der Waals surface area contributed by atoms with Crippen molar-refractivity contribution in [1.29, 1.82) is 0 Å². The predicted octanol–water partition coefficient (Wildman–Crippen LogP) is 2.34. The van der Waals surface area contributed by atoms with Crippen LogP contribution in [0.5, 0.6) is 0 Å². The van der Waals surface area contributed by atoms with Crippen molar-refractivity contribution in [3.05, 3.63) is 29.8 Å². The summed E-state index contributed by atoms with van der Waals surface area (Å²) >= 11 is 1.82. The largest absolute Gasteiger partial charge is 0.309 e. The quantitative estimate of drug-likeness (QED) is 0.839. The first-order valence-electron chi connectivity index (χ1n) is 6.57. The van der Waals surface area contributed by atoms with Crippen molar-refractivity contribution in [1.82, 2.24) is 9.62 Å². The highest BCUT2D eigenvalue weighted by atomic mass is 32.2. The highest BCUT2D eigenvalue weighted by molar-refractivity contribution is 7.99. The molecular formula is C14H24N2O2S2. The fraction of sp³-hybridized carbons (Fsp3) is 0.571. The van der Waals surface area contributed by atoms with Crippen LogP contribution in [-0.4, -0.2) is 44.9 Å². The zero-order valence-corrected chi connectivity index (χ0v) is 14.4. The second-order valence-corrected chi connectivity index (χ2v) is 8.46. The normalized spacial score (nSPS) is 15.3. The van der Waals surface area contributed by atoms with E-state index in [4.69, 9.17) is 0 Å². The number of nitrogens with zero attached hydrogens (tertiary/aromatic N) is 1. The van der Waals surface area contributed by atoms with Crippen molar-refractivity contribution < 1.29 is 8.42 Å². The minimum atomic E-state index is -3.34. The molecule has 2 unspecified atom stereocenters. The van der Waals surface area contributed by atoms with E-state index in [1.807, 2.05) is 23.9 Å². The first kappa shape index (κ1) is 17.5. The Kier molecular flexibility index (Phi) is 6.51. The summed E-state index contributed by atoms with van der Waals surface area (Å²) in [7, 11) is -0.262. The molecule has 0 spiro atoms. The summed E-state index contributed by atoms with van der Waals surface area (Å²) in [5.41, 5.74) is 1.09. The Morgan fingerprint density at radius 3 is 2.20 bits per heavy atom. The molecule has 0 saturated carbocycles. The SMILES string of the molecule is CSC(C)CNC(C)c1ccc(S(=O)(=O)N(C)C)cc1. The molecule has 0 aliphatic heterocycles. The molecule has 0 heterocycles. The van der Waals surface area contributed by atoms with Crippen LogP contribution in [0.2, 0.25) is 0 Å². The van der Waals surface area contributed by atoms with E-state index in [9.17, 15) is 8.42 Å². The third kappa shape index (κ3) is 4.48. The molecule has 1 aromatic carbocycles. The Labute approximate surface area is 127 Å². The van der Waals surface area contributed by atoms with Gasteiger partial charge in [0.25, 0.3) is 0 Å². The van der Waals surface area contributed by atoms with Crippen LogP contribution in [0.3, 0.4) is 0 Å². The van der Waals surface area contributed by atoms with Crippen molar-refractivity contribution in [2.24, 2.45) is 0 Å². The van der Waals surface area contributed by atoms with Crippen molar-refractivity contribution in [3.8, 4) is 0 Å². The summed E-state index contributed by atoms with van der Waals surface area (Å²) in [4.78, 5) is 0.330. The number of hydrogen-bond donors (Lipinski definition) is 1. The third-order valence-corrected chi connectivity index (χ3v) is 6.07. The van der Waals surface area contributed by atoms with E-state index in [0.29, 0.717) is 10.1 Å². The monoisotopic (exact) mass is 316 g/mol. The van der Waals surface area contributed by atoms with Gasteiger partial charge in [-0.2, -0.15) is 11.8 Å². The lowest BCUT2D eigenvalue weighted by Crippen LogP contribution is -2.26. The Balaban J connectivity index is 2.76. The van der Waals surface area contributed by atoms with Gasteiger partial charge in [-0.25, -0.2) is 12.7 Å². The van der Waals surface area contributed by atoms with Gasteiger partial charge in [-0.05, 0) is 30.9 Å². The van der Waals surface area contributed by atoms with Crippen LogP contribution >= 0.6 is 11.8 Å². The van der Waals surface area contributed by atoms with Gasteiger partial charge in [0.05, 0.1) is 4.90 Å².